The number of carbonyl (C=O) groups excluding carboxylic acids is 1. The number of amides is 1. The van der Waals surface area contributed by atoms with Crippen molar-refractivity contribution in [2.75, 3.05) is 11.9 Å². The summed E-state index contributed by atoms with van der Waals surface area (Å²) in [5.41, 5.74) is 1.25. The van der Waals surface area contributed by atoms with Gasteiger partial charge in [-0.2, -0.15) is 5.10 Å². The maximum atomic E-state index is 12.2. The van der Waals surface area contributed by atoms with E-state index >= 15 is 0 Å². The quantitative estimate of drug-likeness (QED) is 0.642. The number of thiophene rings is 1. The first kappa shape index (κ1) is 18.8. The fourth-order valence-corrected chi connectivity index (χ4v) is 3.31. The lowest BCUT2D eigenvalue weighted by atomic mass is 10.2. The van der Waals surface area contributed by atoms with Crippen LogP contribution >= 0.6 is 11.3 Å². The van der Waals surface area contributed by atoms with E-state index in [4.69, 9.17) is 4.74 Å². The molecule has 0 fully saturated rings. The van der Waals surface area contributed by atoms with E-state index in [0.29, 0.717) is 31.0 Å². The van der Waals surface area contributed by atoms with Crippen LogP contribution in [-0.2, 0) is 11.3 Å². The number of aryl methyl sites for hydroxylation is 1. The van der Waals surface area contributed by atoms with Crippen molar-refractivity contribution in [3.8, 4) is 16.3 Å². The first-order valence-electron chi connectivity index (χ1n) is 8.81. The van der Waals surface area contributed by atoms with E-state index in [1.54, 1.807) is 23.5 Å². The van der Waals surface area contributed by atoms with Crippen LogP contribution in [0.15, 0.2) is 58.7 Å². The molecule has 0 spiro atoms. The smallest absolute Gasteiger partial charge is 0.266 e. The van der Waals surface area contributed by atoms with Gasteiger partial charge in [-0.1, -0.05) is 18.2 Å². The van der Waals surface area contributed by atoms with Crippen molar-refractivity contribution in [3.05, 3.63) is 64.3 Å². The Morgan fingerprint density at radius 2 is 2.04 bits per heavy atom. The number of nitrogens with zero attached hydrogens (tertiary/aromatic N) is 2. The lowest BCUT2D eigenvalue weighted by Gasteiger charge is -2.11. The van der Waals surface area contributed by atoms with Crippen LogP contribution in [-0.4, -0.2) is 22.3 Å². The summed E-state index contributed by atoms with van der Waals surface area (Å²) in [5, 5.41) is 9.23. The van der Waals surface area contributed by atoms with Gasteiger partial charge < -0.3 is 10.1 Å². The molecule has 0 saturated carbocycles. The third-order valence-corrected chi connectivity index (χ3v) is 4.77. The minimum atomic E-state index is -0.169. The van der Waals surface area contributed by atoms with E-state index in [-0.39, 0.29) is 17.9 Å². The fourth-order valence-electron chi connectivity index (χ4n) is 2.62. The van der Waals surface area contributed by atoms with E-state index in [1.165, 1.54) is 10.7 Å². The Labute approximate surface area is 161 Å². The van der Waals surface area contributed by atoms with Crippen LogP contribution in [0.25, 0.3) is 10.6 Å². The first-order valence-corrected chi connectivity index (χ1v) is 9.69. The molecule has 0 saturated heterocycles. The highest BCUT2D eigenvalue weighted by atomic mass is 32.1. The summed E-state index contributed by atoms with van der Waals surface area (Å²) >= 11 is 1.57. The van der Waals surface area contributed by atoms with Crippen LogP contribution in [0.2, 0.25) is 0 Å². The number of carbonyl (C=O) groups is 1. The van der Waals surface area contributed by atoms with Gasteiger partial charge in [0.2, 0.25) is 5.91 Å². The van der Waals surface area contributed by atoms with Crippen molar-refractivity contribution in [1.82, 2.24) is 9.78 Å². The maximum absolute atomic E-state index is 12.2. The van der Waals surface area contributed by atoms with Gasteiger partial charge in [0, 0.05) is 19.0 Å². The van der Waals surface area contributed by atoms with Crippen molar-refractivity contribution in [1.29, 1.82) is 0 Å². The second-order valence-electron chi connectivity index (χ2n) is 5.84. The molecule has 1 aromatic carbocycles. The summed E-state index contributed by atoms with van der Waals surface area (Å²) in [5.74, 6) is 0.527. The van der Waals surface area contributed by atoms with Crippen molar-refractivity contribution in [2.24, 2.45) is 0 Å². The summed E-state index contributed by atoms with van der Waals surface area (Å²) < 4.78 is 6.92. The largest absolute Gasteiger partial charge is 0.492 e. The van der Waals surface area contributed by atoms with E-state index in [1.807, 2.05) is 42.6 Å². The van der Waals surface area contributed by atoms with Gasteiger partial charge in [0.1, 0.15) is 11.4 Å². The van der Waals surface area contributed by atoms with Crippen LogP contribution < -0.4 is 15.6 Å². The summed E-state index contributed by atoms with van der Waals surface area (Å²) in [6.07, 6.45) is 0.807. The molecule has 2 heterocycles. The Morgan fingerprint density at radius 3 is 2.81 bits per heavy atom. The number of aromatic nitrogens is 2. The number of anilines is 1. The molecular weight excluding hydrogens is 362 g/mol. The van der Waals surface area contributed by atoms with Crippen molar-refractivity contribution >= 4 is 22.9 Å². The van der Waals surface area contributed by atoms with Gasteiger partial charge in [-0.15, -0.1) is 11.3 Å². The number of hydrogen-bond acceptors (Lipinski definition) is 5. The highest BCUT2D eigenvalue weighted by Crippen LogP contribution is 2.24. The van der Waals surface area contributed by atoms with Gasteiger partial charge in [-0.3, -0.25) is 9.59 Å². The molecule has 1 amide bonds. The van der Waals surface area contributed by atoms with Crippen molar-refractivity contribution in [3.63, 3.8) is 0 Å². The molecule has 0 unspecified atom stereocenters. The number of ether oxygens (including phenoxy) is 1. The Bertz CT molecular complexity index is 951. The maximum Gasteiger partial charge on any atom is 0.266 e. The third kappa shape index (κ3) is 5.04. The van der Waals surface area contributed by atoms with Gasteiger partial charge in [0.05, 0.1) is 17.2 Å². The van der Waals surface area contributed by atoms with Crippen molar-refractivity contribution in [2.45, 2.75) is 26.3 Å². The van der Waals surface area contributed by atoms with Gasteiger partial charge in [0.15, 0.2) is 0 Å². The average molecular weight is 383 g/mol. The van der Waals surface area contributed by atoms with Gasteiger partial charge in [-0.25, -0.2) is 4.68 Å². The molecular formula is C20H21N3O3S. The monoisotopic (exact) mass is 383 g/mol. The molecule has 1 N–H and O–H groups in total. The molecule has 0 aliphatic heterocycles. The Morgan fingerprint density at radius 1 is 1.19 bits per heavy atom. The molecule has 0 radical (unpaired) electrons. The topological polar surface area (TPSA) is 73.2 Å². The second kappa shape index (κ2) is 9.14. The van der Waals surface area contributed by atoms with Crippen LogP contribution in [0.4, 0.5) is 5.69 Å². The van der Waals surface area contributed by atoms with Gasteiger partial charge >= 0.3 is 0 Å². The highest BCUT2D eigenvalue weighted by molar-refractivity contribution is 7.13. The molecule has 2 aromatic heterocycles. The second-order valence-corrected chi connectivity index (χ2v) is 6.79. The van der Waals surface area contributed by atoms with Crippen LogP contribution in [0.3, 0.4) is 0 Å². The summed E-state index contributed by atoms with van der Waals surface area (Å²) in [7, 11) is 0. The molecule has 3 aromatic rings. The number of rotatable bonds is 8. The number of benzene rings is 1. The zero-order valence-corrected chi connectivity index (χ0v) is 15.9. The van der Waals surface area contributed by atoms with E-state index < -0.39 is 0 Å². The molecule has 140 valence electrons. The first-order chi connectivity index (χ1) is 13.2. The standard InChI is InChI=1S/C20H21N3O3S/c1-2-26-17-8-4-3-7-15(17)21-19(24)10-5-13-23-20(25)12-11-16(22-23)18-9-6-14-27-18/h3-4,6-9,11-12,14H,2,5,10,13H2,1H3,(H,21,24). The normalized spacial score (nSPS) is 10.6. The molecule has 7 heteroatoms. The molecule has 0 aliphatic carbocycles. The lowest BCUT2D eigenvalue weighted by molar-refractivity contribution is -0.116. The van der Waals surface area contributed by atoms with Gasteiger partial charge in [-0.05, 0) is 43.0 Å². The molecule has 0 aliphatic rings. The number of nitrogens with one attached hydrogen (secondary N) is 1. The minimum Gasteiger partial charge on any atom is -0.492 e. The van der Waals surface area contributed by atoms with E-state index in [2.05, 4.69) is 10.4 Å². The molecule has 27 heavy (non-hydrogen) atoms. The summed E-state index contributed by atoms with van der Waals surface area (Å²) in [4.78, 5) is 25.2. The lowest BCUT2D eigenvalue weighted by Crippen LogP contribution is -2.23. The third-order valence-electron chi connectivity index (χ3n) is 3.87. The fraction of sp³-hybridized carbons (Fsp3) is 0.250. The van der Waals surface area contributed by atoms with Gasteiger partial charge in [0.25, 0.3) is 5.56 Å². The zero-order chi connectivity index (χ0) is 19.1. The zero-order valence-electron chi connectivity index (χ0n) is 15.1. The van der Waals surface area contributed by atoms with E-state index in [9.17, 15) is 9.59 Å². The minimum absolute atomic E-state index is 0.121. The Hall–Kier alpha value is -2.93. The molecule has 3 rings (SSSR count). The molecule has 0 bridgehead atoms. The Balaban J connectivity index is 1.58. The Kier molecular flexibility index (Phi) is 6.38. The number of hydrogen-bond donors (Lipinski definition) is 1. The molecule has 0 atom stereocenters. The van der Waals surface area contributed by atoms with E-state index in [0.717, 1.165) is 10.6 Å². The predicted octanol–water partition coefficient (Wildman–Crippen LogP) is 3.79. The predicted molar refractivity (Wildman–Crippen MR) is 107 cm³/mol. The number of para-hydroxylation sites is 2. The molecule has 6 nitrogen and oxygen atoms in total. The van der Waals surface area contributed by atoms with Crippen LogP contribution in [0.5, 0.6) is 5.75 Å². The van der Waals surface area contributed by atoms with Crippen molar-refractivity contribution < 1.29 is 9.53 Å². The SMILES string of the molecule is CCOc1ccccc1NC(=O)CCCn1nc(-c2cccs2)ccc1=O. The average Bonchev–Trinajstić information content (AvgIpc) is 3.20. The van der Waals surface area contributed by atoms with Crippen LogP contribution in [0, 0.1) is 0 Å². The summed E-state index contributed by atoms with van der Waals surface area (Å²) in [6, 6.07) is 14.5. The van der Waals surface area contributed by atoms with Crippen LogP contribution in [0.1, 0.15) is 19.8 Å². The summed E-state index contributed by atoms with van der Waals surface area (Å²) in [6.45, 7) is 2.81. The highest BCUT2D eigenvalue weighted by Gasteiger charge is 2.09.